The van der Waals surface area contributed by atoms with Crippen LogP contribution in [-0.4, -0.2) is 0 Å². The first-order chi connectivity index (χ1) is 11.2. The zero-order valence-corrected chi connectivity index (χ0v) is 14.4. The molecule has 3 aromatic rings. The van der Waals surface area contributed by atoms with Crippen LogP contribution >= 0.6 is 11.3 Å². The van der Waals surface area contributed by atoms with Gasteiger partial charge in [-0.1, -0.05) is 49.4 Å². The maximum Gasteiger partial charge on any atom is 0.0308 e. The third-order valence-electron chi connectivity index (χ3n) is 4.63. The SMILES string of the molecule is CCc1ccc(-c2cccc3c2C=C(c2ccc(C)s2)C3)cc1. The van der Waals surface area contributed by atoms with Crippen molar-refractivity contribution in [3.63, 3.8) is 0 Å². The van der Waals surface area contributed by atoms with Crippen LogP contribution in [0.3, 0.4) is 0 Å². The van der Waals surface area contributed by atoms with Crippen molar-refractivity contribution in [2.75, 3.05) is 0 Å². The van der Waals surface area contributed by atoms with Crippen molar-refractivity contribution in [3.8, 4) is 11.1 Å². The Morgan fingerprint density at radius 2 is 1.78 bits per heavy atom. The number of fused-ring (bicyclic) bond motifs is 1. The van der Waals surface area contributed by atoms with Gasteiger partial charge in [-0.15, -0.1) is 11.3 Å². The Labute approximate surface area is 142 Å². The third kappa shape index (κ3) is 2.66. The molecular weight excluding hydrogens is 296 g/mol. The molecule has 0 unspecified atom stereocenters. The van der Waals surface area contributed by atoms with E-state index in [1.165, 1.54) is 43.1 Å². The van der Waals surface area contributed by atoms with E-state index in [-0.39, 0.29) is 0 Å². The molecule has 0 N–H and O–H groups in total. The van der Waals surface area contributed by atoms with Gasteiger partial charge in [-0.2, -0.15) is 0 Å². The van der Waals surface area contributed by atoms with Gasteiger partial charge in [0, 0.05) is 9.75 Å². The van der Waals surface area contributed by atoms with E-state index in [0.29, 0.717) is 0 Å². The van der Waals surface area contributed by atoms with Crippen molar-refractivity contribution >= 4 is 23.0 Å². The van der Waals surface area contributed by atoms with Crippen LogP contribution in [0.4, 0.5) is 0 Å². The van der Waals surface area contributed by atoms with E-state index in [9.17, 15) is 0 Å². The van der Waals surface area contributed by atoms with Gasteiger partial charge in [0.15, 0.2) is 0 Å². The second-order valence-electron chi connectivity index (χ2n) is 6.19. The summed E-state index contributed by atoms with van der Waals surface area (Å²) in [7, 11) is 0. The van der Waals surface area contributed by atoms with Gasteiger partial charge in [-0.05, 0) is 71.4 Å². The van der Waals surface area contributed by atoms with Crippen molar-refractivity contribution in [1.29, 1.82) is 0 Å². The zero-order valence-electron chi connectivity index (χ0n) is 13.6. The van der Waals surface area contributed by atoms with Crippen LogP contribution in [0.15, 0.2) is 54.6 Å². The van der Waals surface area contributed by atoms with Crippen molar-refractivity contribution in [3.05, 3.63) is 81.0 Å². The number of aryl methyl sites for hydroxylation is 2. The molecule has 1 heterocycles. The van der Waals surface area contributed by atoms with Gasteiger partial charge in [0.1, 0.15) is 0 Å². The van der Waals surface area contributed by atoms with Crippen molar-refractivity contribution in [2.45, 2.75) is 26.7 Å². The molecule has 0 radical (unpaired) electrons. The Kier molecular flexibility index (Phi) is 3.66. The standard InChI is InChI=1S/C22H20S/c1-3-16-8-10-17(11-9-16)20-6-4-5-18-13-19(14-21(18)20)22-12-7-15(2)23-22/h4-12,14H,3,13H2,1-2H3. The Balaban J connectivity index is 1.77. The average Bonchev–Trinajstić information content (AvgIpc) is 3.20. The lowest BCUT2D eigenvalue weighted by Gasteiger charge is -2.08. The fourth-order valence-corrected chi connectivity index (χ4v) is 4.19. The Morgan fingerprint density at radius 3 is 2.48 bits per heavy atom. The van der Waals surface area contributed by atoms with Gasteiger partial charge in [0.2, 0.25) is 0 Å². The number of hydrogen-bond acceptors (Lipinski definition) is 1. The normalized spacial score (nSPS) is 13.0. The maximum atomic E-state index is 2.39. The molecule has 0 saturated heterocycles. The van der Waals surface area contributed by atoms with E-state index in [4.69, 9.17) is 0 Å². The predicted molar refractivity (Wildman–Crippen MR) is 102 cm³/mol. The van der Waals surface area contributed by atoms with Gasteiger partial charge in [0.25, 0.3) is 0 Å². The number of benzene rings is 2. The first kappa shape index (κ1) is 14.5. The Morgan fingerprint density at radius 1 is 0.957 bits per heavy atom. The van der Waals surface area contributed by atoms with E-state index in [1.54, 1.807) is 0 Å². The molecule has 0 fully saturated rings. The molecule has 0 amide bonds. The molecule has 0 nitrogen and oxygen atoms in total. The number of thiophene rings is 1. The summed E-state index contributed by atoms with van der Waals surface area (Å²) in [5.74, 6) is 0. The minimum Gasteiger partial charge on any atom is -0.141 e. The van der Waals surface area contributed by atoms with Crippen LogP contribution in [0.25, 0.3) is 22.8 Å². The number of allylic oxidation sites excluding steroid dienone is 1. The summed E-state index contributed by atoms with van der Waals surface area (Å²) in [6.07, 6.45) is 4.54. The summed E-state index contributed by atoms with van der Waals surface area (Å²) in [4.78, 5) is 2.79. The van der Waals surface area contributed by atoms with Crippen LogP contribution in [0.1, 0.15) is 33.4 Å². The molecule has 2 aromatic carbocycles. The molecule has 0 atom stereocenters. The molecule has 1 aliphatic carbocycles. The van der Waals surface area contributed by atoms with Gasteiger partial charge in [-0.25, -0.2) is 0 Å². The first-order valence-corrected chi connectivity index (χ1v) is 9.05. The highest BCUT2D eigenvalue weighted by Crippen LogP contribution is 2.39. The van der Waals surface area contributed by atoms with E-state index in [1.807, 2.05) is 11.3 Å². The fraction of sp³-hybridized carbons (Fsp3) is 0.182. The predicted octanol–water partition coefficient (Wildman–Crippen LogP) is 6.38. The van der Waals surface area contributed by atoms with Gasteiger partial charge < -0.3 is 0 Å². The summed E-state index contributed by atoms with van der Waals surface area (Å²) in [5, 5.41) is 0. The highest BCUT2D eigenvalue weighted by molar-refractivity contribution is 7.13. The zero-order chi connectivity index (χ0) is 15.8. The summed E-state index contributed by atoms with van der Waals surface area (Å²) < 4.78 is 0. The summed E-state index contributed by atoms with van der Waals surface area (Å²) in [6, 6.07) is 20.2. The van der Waals surface area contributed by atoms with Crippen LogP contribution in [0.5, 0.6) is 0 Å². The summed E-state index contributed by atoms with van der Waals surface area (Å²) in [6.45, 7) is 4.38. The minimum absolute atomic E-state index is 1.05. The van der Waals surface area contributed by atoms with Crippen LogP contribution in [0.2, 0.25) is 0 Å². The van der Waals surface area contributed by atoms with E-state index in [2.05, 4.69) is 74.5 Å². The highest BCUT2D eigenvalue weighted by Gasteiger charge is 2.18. The lowest BCUT2D eigenvalue weighted by Crippen LogP contribution is -1.88. The molecule has 1 aliphatic rings. The van der Waals surface area contributed by atoms with E-state index < -0.39 is 0 Å². The lowest BCUT2D eigenvalue weighted by atomic mass is 9.96. The fourth-order valence-electron chi connectivity index (χ4n) is 3.31. The number of rotatable bonds is 3. The smallest absolute Gasteiger partial charge is 0.0308 e. The molecule has 114 valence electrons. The largest absolute Gasteiger partial charge is 0.141 e. The summed E-state index contributed by atoms with van der Waals surface area (Å²) in [5.41, 5.74) is 8.37. The molecule has 0 spiro atoms. The first-order valence-electron chi connectivity index (χ1n) is 8.23. The molecule has 1 aromatic heterocycles. The van der Waals surface area contributed by atoms with Crippen LogP contribution in [0, 0.1) is 6.92 Å². The molecule has 4 rings (SSSR count). The molecule has 1 heteroatoms. The topological polar surface area (TPSA) is 0 Å². The lowest BCUT2D eigenvalue weighted by molar-refractivity contribution is 1.14. The van der Waals surface area contributed by atoms with Gasteiger partial charge in [0.05, 0.1) is 0 Å². The number of hydrogen-bond donors (Lipinski definition) is 0. The van der Waals surface area contributed by atoms with Crippen molar-refractivity contribution in [2.24, 2.45) is 0 Å². The molecule has 0 saturated carbocycles. The monoisotopic (exact) mass is 316 g/mol. The van der Waals surface area contributed by atoms with Gasteiger partial charge in [-0.3, -0.25) is 0 Å². The Hall–Kier alpha value is -2.12. The second-order valence-corrected chi connectivity index (χ2v) is 7.47. The Bertz CT molecular complexity index is 879. The highest BCUT2D eigenvalue weighted by atomic mass is 32.1. The second kappa shape index (κ2) is 5.82. The van der Waals surface area contributed by atoms with Crippen molar-refractivity contribution < 1.29 is 0 Å². The molecular formula is C22H20S. The molecule has 23 heavy (non-hydrogen) atoms. The van der Waals surface area contributed by atoms with Crippen molar-refractivity contribution in [1.82, 2.24) is 0 Å². The minimum atomic E-state index is 1.05. The van der Waals surface area contributed by atoms with E-state index >= 15 is 0 Å². The van der Waals surface area contributed by atoms with Gasteiger partial charge >= 0.3 is 0 Å². The summed E-state index contributed by atoms with van der Waals surface area (Å²) >= 11 is 1.89. The maximum absolute atomic E-state index is 2.39. The van der Waals surface area contributed by atoms with Crippen LogP contribution in [-0.2, 0) is 12.8 Å². The molecule has 0 aliphatic heterocycles. The third-order valence-corrected chi connectivity index (χ3v) is 5.70. The van der Waals surface area contributed by atoms with E-state index in [0.717, 1.165) is 12.8 Å². The quantitative estimate of drug-likeness (QED) is 0.525. The molecule has 0 bridgehead atoms. The average molecular weight is 316 g/mol. The van der Waals surface area contributed by atoms with Crippen LogP contribution < -0.4 is 0 Å².